The maximum Gasteiger partial charge on any atom is 0.158 e. The van der Waals surface area contributed by atoms with Crippen molar-refractivity contribution >= 4 is 22.5 Å². The Kier molecular flexibility index (Phi) is 2.23. The molecule has 1 aliphatic heterocycles. The first-order valence-electron chi connectivity index (χ1n) is 3.59. The van der Waals surface area contributed by atoms with Crippen LogP contribution in [0.1, 0.15) is 27.2 Å². The lowest BCUT2D eigenvalue weighted by molar-refractivity contribution is 0.321. The predicted octanol–water partition coefficient (Wildman–Crippen LogP) is 2.11. The number of hydrogen-bond donors (Lipinski definition) is 1. The Balaban J connectivity index is 2.86. The van der Waals surface area contributed by atoms with Gasteiger partial charge in [-0.1, -0.05) is 23.8 Å². The van der Waals surface area contributed by atoms with Crippen molar-refractivity contribution in [1.29, 1.82) is 0 Å². The molecule has 1 rings (SSSR count). The van der Waals surface area contributed by atoms with Gasteiger partial charge in [0.25, 0.3) is 0 Å². The molecular weight excluding hydrogens is 160 g/mol. The van der Waals surface area contributed by atoms with E-state index in [-0.39, 0.29) is 4.87 Å². The molecule has 1 atom stereocenters. The minimum atomic E-state index is -0.106. The topological polar surface area (TPSA) is 45.0 Å². The number of nitrogens with zero attached hydrogens (tertiary/aromatic N) is 2. The highest BCUT2D eigenvalue weighted by Crippen LogP contribution is 2.36. The smallest absolute Gasteiger partial charge is 0.158 e. The molecule has 3 nitrogen and oxygen atoms in total. The standard InChI is InChI=1S/C7H12N2OS/c1-4-7(3)8-5(2)6(9-10)11-7/h10H,4H2,1-3H3/b9-6-. The highest BCUT2D eigenvalue weighted by Gasteiger charge is 2.32. The third-order valence-corrected chi connectivity index (χ3v) is 3.17. The molecule has 1 aliphatic rings. The maximum atomic E-state index is 8.55. The fraction of sp³-hybridized carbons (Fsp3) is 0.714. The van der Waals surface area contributed by atoms with E-state index in [1.54, 1.807) is 0 Å². The van der Waals surface area contributed by atoms with Gasteiger partial charge in [0.15, 0.2) is 5.04 Å². The van der Waals surface area contributed by atoms with Crippen molar-refractivity contribution in [2.45, 2.75) is 32.1 Å². The predicted molar refractivity (Wildman–Crippen MR) is 48.6 cm³/mol. The summed E-state index contributed by atoms with van der Waals surface area (Å²) < 4.78 is 0. The summed E-state index contributed by atoms with van der Waals surface area (Å²) in [6.45, 7) is 5.98. The van der Waals surface area contributed by atoms with E-state index in [9.17, 15) is 0 Å². The van der Waals surface area contributed by atoms with Crippen molar-refractivity contribution in [2.24, 2.45) is 10.1 Å². The zero-order valence-electron chi connectivity index (χ0n) is 6.96. The van der Waals surface area contributed by atoms with E-state index in [0.29, 0.717) is 5.04 Å². The van der Waals surface area contributed by atoms with Crippen LogP contribution >= 0.6 is 11.8 Å². The fourth-order valence-corrected chi connectivity index (χ4v) is 1.93. The second kappa shape index (κ2) is 2.85. The van der Waals surface area contributed by atoms with E-state index < -0.39 is 0 Å². The molecule has 0 spiro atoms. The molecular formula is C7H12N2OS. The van der Waals surface area contributed by atoms with Crippen LogP contribution in [0, 0.1) is 0 Å². The number of thioether (sulfide) groups is 1. The first-order valence-corrected chi connectivity index (χ1v) is 4.41. The lowest BCUT2D eigenvalue weighted by Gasteiger charge is -2.14. The summed E-state index contributed by atoms with van der Waals surface area (Å²) in [4.78, 5) is 4.27. The van der Waals surface area contributed by atoms with Crippen LogP contribution in [0.4, 0.5) is 0 Å². The van der Waals surface area contributed by atoms with E-state index in [1.165, 1.54) is 11.8 Å². The minimum absolute atomic E-state index is 0.106. The Morgan fingerprint density at radius 1 is 1.73 bits per heavy atom. The SMILES string of the molecule is CCC1(C)N=C(C)/C(=N/O)S1. The summed E-state index contributed by atoms with van der Waals surface area (Å²) in [5.74, 6) is 0. The van der Waals surface area contributed by atoms with Crippen molar-refractivity contribution in [3.05, 3.63) is 0 Å². The number of aliphatic imine (C=N–C) groups is 1. The third kappa shape index (κ3) is 1.56. The van der Waals surface area contributed by atoms with Gasteiger partial charge in [0.2, 0.25) is 0 Å². The van der Waals surface area contributed by atoms with Gasteiger partial charge in [-0.2, -0.15) is 0 Å². The summed E-state index contributed by atoms with van der Waals surface area (Å²) in [6, 6.07) is 0. The maximum absolute atomic E-state index is 8.55. The highest BCUT2D eigenvalue weighted by atomic mass is 32.2. The van der Waals surface area contributed by atoms with Crippen molar-refractivity contribution in [1.82, 2.24) is 0 Å². The molecule has 0 bridgehead atoms. The number of oxime groups is 1. The van der Waals surface area contributed by atoms with E-state index in [0.717, 1.165) is 12.1 Å². The third-order valence-electron chi connectivity index (χ3n) is 1.78. The summed E-state index contributed by atoms with van der Waals surface area (Å²) >= 11 is 1.52. The molecule has 4 heteroatoms. The van der Waals surface area contributed by atoms with Gasteiger partial charge in [0, 0.05) is 0 Å². The molecule has 0 radical (unpaired) electrons. The first kappa shape index (κ1) is 8.59. The zero-order valence-corrected chi connectivity index (χ0v) is 7.77. The van der Waals surface area contributed by atoms with Crippen LogP contribution in [0.3, 0.4) is 0 Å². The summed E-state index contributed by atoms with van der Waals surface area (Å²) in [5.41, 5.74) is 0.835. The van der Waals surface area contributed by atoms with Gasteiger partial charge in [0.05, 0.1) is 5.71 Å². The molecule has 11 heavy (non-hydrogen) atoms. The lowest BCUT2D eigenvalue weighted by Crippen LogP contribution is -2.11. The Labute approximate surface area is 70.6 Å². The van der Waals surface area contributed by atoms with Gasteiger partial charge in [-0.05, 0) is 20.3 Å². The van der Waals surface area contributed by atoms with Crippen LogP contribution < -0.4 is 0 Å². The van der Waals surface area contributed by atoms with Crippen LogP contribution in [0.2, 0.25) is 0 Å². The molecule has 0 aromatic carbocycles. The molecule has 1 N–H and O–H groups in total. The minimum Gasteiger partial charge on any atom is -0.410 e. The van der Waals surface area contributed by atoms with Crippen LogP contribution in [-0.4, -0.2) is 20.8 Å². The van der Waals surface area contributed by atoms with Crippen molar-refractivity contribution < 1.29 is 5.21 Å². The molecule has 0 saturated heterocycles. The van der Waals surface area contributed by atoms with E-state index >= 15 is 0 Å². The average Bonchev–Trinajstić information content (AvgIpc) is 2.27. The molecule has 0 fully saturated rings. The van der Waals surface area contributed by atoms with E-state index in [4.69, 9.17) is 5.21 Å². The molecule has 0 saturated carbocycles. The Bertz CT molecular complexity index is 224. The van der Waals surface area contributed by atoms with Crippen LogP contribution in [0.5, 0.6) is 0 Å². The quantitative estimate of drug-likeness (QED) is 0.486. The van der Waals surface area contributed by atoms with Crippen LogP contribution in [0.25, 0.3) is 0 Å². The molecule has 0 aromatic rings. The van der Waals surface area contributed by atoms with Gasteiger partial charge in [0.1, 0.15) is 4.87 Å². The summed E-state index contributed by atoms with van der Waals surface area (Å²) in [5, 5.41) is 12.4. The molecule has 1 heterocycles. The van der Waals surface area contributed by atoms with Crippen molar-refractivity contribution in [2.75, 3.05) is 0 Å². The van der Waals surface area contributed by atoms with Gasteiger partial charge in [-0.25, -0.2) is 0 Å². The normalized spacial score (nSPS) is 34.5. The lowest BCUT2D eigenvalue weighted by atomic mass is 10.2. The van der Waals surface area contributed by atoms with Gasteiger partial charge in [-0.3, -0.25) is 4.99 Å². The molecule has 0 aliphatic carbocycles. The van der Waals surface area contributed by atoms with Gasteiger partial charge in [-0.15, -0.1) is 0 Å². The zero-order chi connectivity index (χ0) is 8.48. The molecule has 1 unspecified atom stereocenters. The number of hydrogen-bond acceptors (Lipinski definition) is 4. The van der Waals surface area contributed by atoms with E-state index in [1.807, 2.05) is 13.8 Å². The average molecular weight is 172 g/mol. The first-order chi connectivity index (χ1) is 5.11. The molecule has 0 amide bonds. The largest absolute Gasteiger partial charge is 0.410 e. The number of rotatable bonds is 1. The monoisotopic (exact) mass is 172 g/mol. The van der Waals surface area contributed by atoms with Crippen LogP contribution in [-0.2, 0) is 0 Å². The van der Waals surface area contributed by atoms with E-state index in [2.05, 4.69) is 17.1 Å². The second-order valence-electron chi connectivity index (χ2n) is 2.73. The Hall–Kier alpha value is -0.510. The van der Waals surface area contributed by atoms with Crippen molar-refractivity contribution in [3.8, 4) is 0 Å². The van der Waals surface area contributed by atoms with Gasteiger partial charge < -0.3 is 5.21 Å². The molecule has 0 aromatic heterocycles. The van der Waals surface area contributed by atoms with Crippen molar-refractivity contribution in [3.63, 3.8) is 0 Å². The van der Waals surface area contributed by atoms with Crippen LogP contribution in [0.15, 0.2) is 10.1 Å². The second-order valence-corrected chi connectivity index (χ2v) is 4.20. The Morgan fingerprint density at radius 3 is 2.64 bits per heavy atom. The Morgan fingerprint density at radius 2 is 2.36 bits per heavy atom. The fourth-order valence-electron chi connectivity index (χ4n) is 0.952. The highest BCUT2D eigenvalue weighted by molar-refractivity contribution is 8.17. The summed E-state index contributed by atoms with van der Waals surface area (Å²) in [7, 11) is 0. The summed E-state index contributed by atoms with van der Waals surface area (Å²) in [6.07, 6.45) is 0.952. The van der Waals surface area contributed by atoms with Gasteiger partial charge >= 0.3 is 0 Å². The molecule has 62 valence electrons.